The van der Waals surface area contributed by atoms with Crippen LogP contribution in [0.2, 0.25) is 5.02 Å². The van der Waals surface area contributed by atoms with Crippen molar-refractivity contribution in [1.82, 2.24) is 14.8 Å². The quantitative estimate of drug-likeness (QED) is 0.890. The predicted molar refractivity (Wildman–Crippen MR) is 64.5 cm³/mol. The van der Waals surface area contributed by atoms with Crippen molar-refractivity contribution in [3.05, 3.63) is 40.9 Å². The first-order chi connectivity index (χ1) is 7.68. The fourth-order valence-corrected chi connectivity index (χ4v) is 1.61. The lowest BCUT2D eigenvalue weighted by atomic mass is 10.2. The second kappa shape index (κ2) is 4.53. The van der Waals surface area contributed by atoms with Gasteiger partial charge in [0.25, 0.3) is 0 Å². The van der Waals surface area contributed by atoms with Gasteiger partial charge in [-0.05, 0) is 13.0 Å². The van der Waals surface area contributed by atoms with Gasteiger partial charge in [-0.25, -0.2) is 0 Å². The molecule has 2 heterocycles. The van der Waals surface area contributed by atoms with Crippen molar-refractivity contribution in [2.24, 2.45) is 7.05 Å². The molecule has 0 aromatic carbocycles. The standard InChI is InChI=1S/C11H13ClN4/c1-8-9(6-15-16(8)2)5-14-11-3-4-13-7-10(11)12/h3-4,6-7H,5H2,1-2H3,(H,13,14). The molecule has 4 nitrogen and oxygen atoms in total. The van der Waals surface area contributed by atoms with E-state index in [0.29, 0.717) is 11.6 Å². The Hall–Kier alpha value is -1.55. The van der Waals surface area contributed by atoms with Crippen LogP contribution in [-0.2, 0) is 13.6 Å². The number of hydrogen-bond donors (Lipinski definition) is 1. The van der Waals surface area contributed by atoms with Crippen molar-refractivity contribution in [3.63, 3.8) is 0 Å². The Labute approximate surface area is 99.3 Å². The summed E-state index contributed by atoms with van der Waals surface area (Å²) in [5.74, 6) is 0. The lowest BCUT2D eigenvalue weighted by molar-refractivity contribution is 0.738. The molecule has 0 spiro atoms. The average Bonchev–Trinajstić information content (AvgIpc) is 2.59. The Morgan fingerprint density at radius 2 is 2.25 bits per heavy atom. The fraction of sp³-hybridized carbons (Fsp3) is 0.273. The van der Waals surface area contributed by atoms with E-state index in [4.69, 9.17) is 11.6 Å². The largest absolute Gasteiger partial charge is 0.380 e. The van der Waals surface area contributed by atoms with E-state index >= 15 is 0 Å². The van der Waals surface area contributed by atoms with Gasteiger partial charge in [0.1, 0.15) is 0 Å². The number of aryl methyl sites for hydroxylation is 1. The van der Waals surface area contributed by atoms with Crippen molar-refractivity contribution >= 4 is 17.3 Å². The first kappa shape index (κ1) is 11.0. The molecule has 0 aliphatic carbocycles. The third-order valence-electron chi connectivity index (χ3n) is 2.58. The summed E-state index contributed by atoms with van der Waals surface area (Å²) in [5.41, 5.74) is 3.20. The first-order valence-electron chi connectivity index (χ1n) is 4.99. The van der Waals surface area contributed by atoms with E-state index in [1.54, 1.807) is 12.4 Å². The highest BCUT2D eigenvalue weighted by Crippen LogP contribution is 2.20. The van der Waals surface area contributed by atoms with Gasteiger partial charge in [0.2, 0.25) is 0 Å². The van der Waals surface area contributed by atoms with Crippen LogP contribution in [0.4, 0.5) is 5.69 Å². The molecule has 16 heavy (non-hydrogen) atoms. The van der Waals surface area contributed by atoms with Crippen molar-refractivity contribution in [2.45, 2.75) is 13.5 Å². The van der Waals surface area contributed by atoms with Crippen molar-refractivity contribution in [2.75, 3.05) is 5.32 Å². The average molecular weight is 237 g/mol. The van der Waals surface area contributed by atoms with E-state index in [2.05, 4.69) is 15.4 Å². The topological polar surface area (TPSA) is 42.7 Å². The summed E-state index contributed by atoms with van der Waals surface area (Å²) in [6, 6.07) is 1.86. The van der Waals surface area contributed by atoms with Gasteiger partial charge < -0.3 is 5.32 Å². The maximum Gasteiger partial charge on any atom is 0.0820 e. The Morgan fingerprint density at radius 1 is 1.44 bits per heavy atom. The molecule has 0 unspecified atom stereocenters. The summed E-state index contributed by atoms with van der Waals surface area (Å²) in [5, 5.41) is 8.07. The number of pyridine rings is 1. The lowest BCUT2D eigenvalue weighted by Crippen LogP contribution is -2.02. The number of nitrogens with zero attached hydrogens (tertiary/aromatic N) is 3. The molecule has 0 amide bonds. The third kappa shape index (κ3) is 2.17. The van der Waals surface area contributed by atoms with E-state index in [0.717, 1.165) is 16.9 Å². The van der Waals surface area contributed by atoms with Crippen LogP contribution < -0.4 is 5.32 Å². The number of anilines is 1. The molecular formula is C11H13ClN4. The van der Waals surface area contributed by atoms with Gasteiger partial charge in [0.15, 0.2) is 0 Å². The van der Waals surface area contributed by atoms with Gasteiger partial charge in [-0.3, -0.25) is 9.67 Å². The summed E-state index contributed by atoms with van der Waals surface area (Å²) in [6.07, 6.45) is 5.20. The number of halogens is 1. The van der Waals surface area contributed by atoms with Gasteiger partial charge in [-0.1, -0.05) is 11.6 Å². The van der Waals surface area contributed by atoms with Crippen molar-refractivity contribution < 1.29 is 0 Å². The molecule has 0 saturated heterocycles. The van der Waals surface area contributed by atoms with Crippen LogP contribution in [0, 0.1) is 6.92 Å². The molecule has 0 aliphatic heterocycles. The third-order valence-corrected chi connectivity index (χ3v) is 2.88. The van der Waals surface area contributed by atoms with Gasteiger partial charge in [-0.2, -0.15) is 5.10 Å². The SMILES string of the molecule is Cc1c(CNc2ccncc2Cl)cnn1C. The van der Waals surface area contributed by atoms with Crippen molar-refractivity contribution in [1.29, 1.82) is 0 Å². The normalized spacial score (nSPS) is 10.4. The predicted octanol–water partition coefficient (Wildman–Crippen LogP) is 2.39. The number of hydrogen-bond acceptors (Lipinski definition) is 3. The summed E-state index contributed by atoms with van der Waals surface area (Å²) < 4.78 is 1.85. The zero-order valence-corrected chi connectivity index (χ0v) is 9.99. The monoisotopic (exact) mass is 236 g/mol. The Morgan fingerprint density at radius 3 is 2.88 bits per heavy atom. The van der Waals surface area contributed by atoms with E-state index < -0.39 is 0 Å². The number of rotatable bonds is 3. The minimum atomic E-state index is 0.629. The smallest absolute Gasteiger partial charge is 0.0820 e. The summed E-state index contributed by atoms with van der Waals surface area (Å²) in [7, 11) is 1.93. The van der Waals surface area contributed by atoms with Gasteiger partial charge in [-0.15, -0.1) is 0 Å². The fourth-order valence-electron chi connectivity index (χ4n) is 1.43. The molecule has 1 N–H and O–H groups in total. The maximum atomic E-state index is 5.99. The highest BCUT2D eigenvalue weighted by Gasteiger charge is 2.04. The molecule has 2 rings (SSSR count). The molecule has 0 atom stereocenters. The molecule has 0 aliphatic rings. The minimum Gasteiger partial charge on any atom is -0.380 e. The lowest BCUT2D eigenvalue weighted by Gasteiger charge is -2.07. The van der Waals surface area contributed by atoms with Crippen LogP contribution in [0.1, 0.15) is 11.3 Å². The number of aromatic nitrogens is 3. The molecular weight excluding hydrogens is 224 g/mol. The van der Waals surface area contributed by atoms with Gasteiger partial charge in [0.05, 0.1) is 16.9 Å². The minimum absolute atomic E-state index is 0.629. The van der Waals surface area contributed by atoms with Crippen molar-refractivity contribution in [3.8, 4) is 0 Å². The number of nitrogens with one attached hydrogen (secondary N) is 1. The zero-order valence-electron chi connectivity index (χ0n) is 9.24. The second-order valence-corrected chi connectivity index (χ2v) is 4.00. The van der Waals surface area contributed by atoms with Crippen LogP contribution >= 0.6 is 11.6 Å². The molecule has 0 saturated carbocycles. The molecule has 2 aromatic heterocycles. The van der Waals surface area contributed by atoms with Gasteiger partial charge >= 0.3 is 0 Å². The Bertz CT molecular complexity index is 492. The molecule has 84 valence electrons. The van der Waals surface area contributed by atoms with E-state index in [-0.39, 0.29) is 0 Å². The molecule has 0 fully saturated rings. The summed E-state index contributed by atoms with van der Waals surface area (Å²) in [4.78, 5) is 3.93. The zero-order chi connectivity index (χ0) is 11.5. The molecule has 0 radical (unpaired) electrons. The van der Waals surface area contributed by atoms with E-state index in [1.165, 1.54) is 0 Å². The van der Waals surface area contributed by atoms with E-state index in [9.17, 15) is 0 Å². The molecule has 5 heteroatoms. The van der Waals surface area contributed by atoms with Crippen LogP contribution in [-0.4, -0.2) is 14.8 Å². The molecule has 2 aromatic rings. The first-order valence-corrected chi connectivity index (χ1v) is 5.37. The summed E-state index contributed by atoms with van der Waals surface area (Å²) >= 11 is 5.99. The second-order valence-electron chi connectivity index (χ2n) is 3.59. The van der Waals surface area contributed by atoms with Crippen LogP contribution in [0.25, 0.3) is 0 Å². The highest BCUT2D eigenvalue weighted by molar-refractivity contribution is 6.33. The maximum absolute atomic E-state index is 5.99. The van der Waals surface area contributed by atoms with E-state index in [1.807, 2.05) is 30.9 Å². The Kier molecular flexibility index (Phi) is 3.10. The van der Waals surface area contributed by atoms with Crippen LogP contribution in [0.3, 0.4) is 0 Å². The van der Waals surface area contributed by atoms with Gasteiger partial charge in [0, 0.05) is 37.2 Å². The summed E-state index contributed by atoms with van der Waals surface area (Å²) in [6.45, 7) is 2.75. The molecule has 0 bridgehead atoms. The van der Waals surface area contributed by atoms with Crippen LogP contribution in [0.5, 0.6) is 0 Å². The highest BCUT2D eigenvalue weighted by atomic mass is 35.5. The van der Waals surface area contributed by atoms with Crippen LogP contribution in [0.15, 0.2) is 24.7 Å². The Balaban J connectivity index is 2.08.